The Morgan fingerprint density at radius 2 is 2.07 bits per heavy atom. The number of ether oxygens (including phenoxy) is 2. The summed E-state index contributed by atoms with van der Waals surface area (Å²) in [7, 11) is 0. The summed E-state index contributed by atoms with van der Waals surface area (Å²) in [6.45, 7) is 2.49. The third-order valence-corrected chi connectivity index (χ3v) is 6.65. The van der Waals surface area contributed by atoms with Crippen LogP contribution in [-0.2, 0) is 17.8 Å². The Balaban J connectivity index is 1.14. The normalized spacial score (nSPS) is 18.5. The first-order valence-corrected chi connectivity index (χ1v) is 11.0. The number of amides is 1. The van der Waals surface area contributed by atoms with Crippen molar-refractivity contribution < 1.29 is 18.7 Å². The van der Waals surface area contributed by atoms with Crippen LogP contribution in [0.2, 0.25) is 0 Å². The standard InChI is InChI=1S/C21H24N2O4S/c24-20(7-11-28-15-4-5-18-19(12-15)26-10-9-25-18)23-8-6-17-16(13-23)22-21(27-17)14-2-1-3-14/h4-5,12,14H,1-3,6-11,13H2. The van der Waals surface area contributed by atoms with E-state index in [1.54, 1.807) is 11.8 Å². The van der Waals surface area contributed by atoms with E-state index in [1.807, 2.05) is 23.1 Å². The quantitative estimate of drug-likeness (QED) is 0.712. The molecule has 3 heterocycles. The van der Waals surface area contributed by atoms with E-state index in [0.29, 0.717) is 32.1 Å². The number of hydrogen-bond donors (Lipinski definition) is 0. The summed E-state index contributed by atoms with van der Waals surface area (Å²) in [6.07, 6.45) is 4.92. The van der Waals surface area contributed by atoms with Gasteiger partial charge in [-0.3, -0.25) is 4.79 Å². The lowest BCUT2D eigenvalue weighted by atomic mass is 9.85. The largest absolute Gasteiger partial charge is 0.486 e. The second kappa shape index (κ2) is 7.70. The minimum Gasteiger partial charge on any atom is -0.486 e. The van der Waals surface area contributed by atoms with Crippen LogP contribution in [0.25, 0.3) is 0 Å². The number of hydrogen-bond acceptors (Lipinski definition) is 6. The van der Waals surface area contributed by atoms with E-state index in [0.717, 1.165) is 52.5 Å². The molecule has 28 heavy (non-hydrogen) atoms. The van der Waals surface area contributed by atoms with Gasteiger partial charge in [0.1, 0.15) is 24.7 Å². The second-order valence-corrected chi connectivity index (χ2v) is 8.69. The minimum atomic E-state index is 0.184. The van der Waals surface area contributed by atoms with Gasteiger partial charge in [-0.15, -0.1) is 11.8 Å². The zero-order chi connectivity index (χ0) is 18.9. The first-order chi connectivity index (χ1) is 13.8. The molecular weight excluding hydrogens is 376 g/mol. The molecule has 148 valence electrons. The van der Waals surface area contributed by atoms with Crippen LogP contribution in [0.15, 0.2) is 27.5 Å². The SMILES string of the molecule is O=C(CCSc1ccc2c(c1)OCCO2)N1CCc2oc(C3CCC3)nc2C1. The van der Waals surface area contributed by atoms with Crippen molar-refractivity contribution in [1.82, 2.24) is 9.88 Å². The summed E-state index contributed by atoms with van der Waals surface area (Å²) in [5.74, 6) is 4.88. The smallest absolute Gasteiger partial charge is 0.223 e. The molecule has 1 saturated carbocycles. The molecule has 0 N–H and O–H groups in total. The Labute approximate surface area is 168 Å². The Kier molecular flexibility index (Phi) is 4.93. The highest BCUT2D eigenvalue weighted by molar-refractivity contribution is 7.99. The molecule has 0 atom stereocenters. The van der Waals surface area contributed by atoms with Crippen LogP contribution >= 0.6 is 11.8 Å². The summed E-state index contributed by atoms with van der Waals surface area (Å²) >= 11 is 1.67. The third-order valence-electron chi connectivity index (χ3n) is 5.65. The molecule has 2 aromatic rings. The zero-order valence-corrected chi connectivity index (χ0v) is 16.6. The Morgan fingerprint density at radius 1 is 1.21 bits per heavy atom. The molecule has 0 bridgehead atoms. The van der Waals surface area contributed by atoms with Gasteiger partial charge in [-0.05, 0) is 31.0 Å². The number of carbonyl (C=O) groups is 1. The van der Waals surface area contributed by atoms with E-state index >= 15 is 0 Å². The van der Waals surface area contributed by atoms with Gasteiger partial charge in [0.25, 0.3) is 0 Å². The van der Waals surface area contributed by atoms with Crippen LogP contribution in [0, 0.1) is 0 Å². The average molecular weight is 401 g/mol. The lowest BCUT2D eigenvalue weighted by Crippen LogP contribution is -2.36. The topological polar surface area (TPSA) is 64.8 Å². The van der Waals surface area contributed by atoms with Gasteiger partial charge in [-0.1, -0.05) is 6.42 Å². The highest BCUT2D eigenvalue weighted by atomic mass is 32.2. The van der Waals surface area contributed by atoms with Crippen LogP contribution in [0.4, 0.5) is 0 Å². The molecule has 1 fully saturated rings. The summed E-state index contributed by atoms with van der Waals surface area (Å²) in [5.41, 5.74) is 0.959. The summed E-state index contributed by atoms with van der Waals surface area (Å²) in [4.78, 5) is 20.3. The number of thioether (sulfide) groups is 1. The molecule has 6 nitrogen and oxygen atoms in total. The third kappa shape index (κ3) is 3.60. The van der Waals surface area contributed by atoms with Gasteiger partial charge in [0, 0.05) is 36.0 Å². The van der Waals surface area contributed by atoms with Crippen LogP contribution in [-0.4, -0.2) is 41.3 Å². The summed E-state index contributed by atoms with van der Waals surface area (Å²) < 4.78 is 17.1. The molecule has 1 aromatic carbocycles. The van der Waals surface area contributed by atoms with Crippen molar-refractivity contribution in [2.24, 2.45) is 0 Å². The number of fused-ring (bicyclic) bond motifs is 2. The molecule has 5 rings (SSSR count). The van der Waals surface area contributed by atoms with Gasteiger partial charge in [0.05, 0.1) is 6.54 Å². The van der Waals surface area contributed by atoms with Crippen LogP contribution < -0.4 is 9.47 Å². The van der Waals surface area contributed by atoms with Crippen molar-refractivity contribution in [3.05, 3.63) is 35.5 Å². The lowest BCUT2D eigenvalue weighted by molar-refractivity contribution is -0.131. The average Bonchev–Trinajstić information content (AvgIpc) is 3.08. The van der Waals surface area contributed by atoms with Crippen LogP contribution in [0.5, 0.6) is 11.5 Å². The maximum atomic E-state index is 12.6. The van der Waals surface area contributed by atoms with E-state index in [-0.39, 0.29) is 5.91 Å². The van der Waals surface area contributed by atoms with Crippen molar-refractivity contribution in [1.29, 1.82) is 0 Å². The van der Waals surface area contributed by atoms with Gasteiger partial charge in [0.15, 0.2) is 17.4 Å². The Hall–Kier alpha value is -2.15. The molecule has 1 aromatic heterocycles. The first kappa shape index (κ1) is 17.9. The fraction of sp³-hybridized carbons (Fsp3) is 0.524. The van der Waals surface area contributed by atoms with Crippen molar-refractivity contribution in [3.8, 4) is 11.5 Å². The van der Waals surface area contributed by atoms with Gasteiger partial charge in [-0.25, -0.2) is 4.98 Å². The van der Waals surface area contributed by atoms with E-state index < -0.39 is 0 Å². The molecule has 7 heteroatoms. The summed E-state index contributed by atoms with van der Waals surface area (Å²) in [6, 6.07) is 5.95. The Bertz CT molecular complexity index is 877. The van der Waals surface area contributed by atoms with Crippen LogP contribution in [0.1, 0.15) is 48.9 Å². The molecule has 1 amide bonds. The second-order valence-electron chi connectivity index (χ2n) is 7.52. The number of carbonyl (C=O) groups excluding carboxylic acids is 1. The Morgan fingerprint density at radius 3 is 2.89 bits per heavy atom. The predicted octanol–water partition coefficient (Wildman–Crippen LogP) is 3.78. The first-order valence-electron chi connectivity index (χ1n) is 10.0. The number of aromatic nitrogens is 1. The highest BCUT2D eigenvalue weighted by Crippen LogP contribution is 2.37. The maximum Gasteiger partial charge on any atom is 0.223 e. The molecule has 0 spiro atoms. The van der Waals surface area contributed by atoms with Crippen molar-refractivity contribution in [2.45, 2.75) is 49.5 Å². The molecule has 2 aliphatic heterocycles. The number of benzene rings is 1. The van der Waals surface area contributed by atoms with Crippen molar-refractivity contribution in [2.75, 3.05) is 25.5 Å². The molecule has 0 saturated heterocycles. The van der Waals surface area contributed by atoms with Crippen LogP contribution in [0.3, 0.4) is 0 Å². The molecule has 0 unspecified atom stereocenters. The zero-order valence-electron chi connectivity index (χ0n) is 15.8. The lowest BCUT2D eigenvalue weighted by Gasteiger charge is -2.25. The van der Waals surface area contributed by atoms with Gasteiger partial charge >= 0.3 is 0 Å². The monoisotopic (exact) mass is 400 g/mol. The highest BCUT2D eigenvalue weighted by Gasteiger charge is 2.30. The number of oxazole rings is 1. The predicted molar refractivity (Wildman–Crippen MR) is 105 cm³/mol. The molecule has 3 aliphatic rings. The number of rotatable bonds is 5. The van der Waals surface area contributed by atoms with Gasteiger partial charge in [0.2, 0.25) is 5.91 Å². The van der Waals surface area contributed by atoms with Crippen molar-refractivity contribution >= 4 is 17.7 Å². The van der Waals surface area contributed by atoms with E-state index in [4.69, 9.17) is 13.9 Å². The fourth-order valence-electron chi connectivity index (χ4n) is 3.79. The molecule has 0 radical (unpaired) electrons. The minimum absolute atomic E-state index is 0.184. The fourth-order valence-corrected chi connectivity index (χ4v) is 4.66. The molecular formula is C21H24N2O4S. The van der Waals surface area contributed by atoms with E-state index in [1.165, 1.54) is 19.3 Å². The summed E-state index contributed by atoms with van der Waals surface area (Å²) in [5, 5.41) is 0. The van der Waals surface area contributed by atoms with E-state index in [2.05, 4.69) is 4.98 Å². The van der Waals surface area contributed by atoms with Gasteiger partial charge < -0.3 is 18.8 Å². The number of nitrogens with zero attached hydrogens (tertiary/aromatic N) is 2. The van der Waals surface area contributed by atoms with Gasteiger partial charge in [-0.2, -0.15) is 0 Å². The molecule has 1 aliphatic carbocycles. The van der Waals surface area contributed by atoms with E-state index in [9.17, 15) is 4.79 Å². The van der Waals surface area contributed by atoms with Crippen molar-refractivity contribution in [3.63, 3.8) is 0 Å². The maximum absolute atomic E-state index is 12.6.